The van der Waals surface area contributed by atoms with Gasteiger partial charge in [-0.25, -0.2) is 13.4 Å². The number of fused-ring (bicyclic) bond motifs is 2. The fourth-order valence-electron chi connectivity index (χ4n) is 4.68. The van der Waals surface area contributed by atoms with Crippen LogP contribution in [0.2, 0.25) is 0 Å². The summed E-state index contributed by atoms with van der Waals surface area (Å²) in [5.74, 6) is 0. The van der Waals surface area contributed by atoms with Crippen LogP contribution >= 0.6 is 0 Å². The first-order valence-corrected chi connectivity index (χ1v) is 12.0. The Morgan fingerprint density at radius 2 is 1.80 bits per heavy atom. The van der Waals surface area contributed by atoms with Gasteiger partial charge in [-0.05, 0) is 61.1 Å². The highest BCUT2D eigenvalue weighted by Crippen LogP contribution is 2.27. The molecule has 1 aromatic carbocycles. The highest BCUT2D eigenvalue weighted by molar-refractivity contribution is 7.89. The number of aromatic nitrogens is 3. The number of hydrogen-bond acceptors (Lipinski definition) is 5. The van der Waals surface area contributed by atoms with Crippen LogP contribution in [0.15, 0.2) is 35.4 Å². The van der Waals surface area contributed by atoms with Gasteiger partial charge < -0.3 is 0 Å². The lowest BCUT2D eigenvalue weighted by molar-refractivity contribution is 0.181. The Kier molecular flexibility index (Phi) is 4.88. The van der Waals surface area contributed by atoms with Gasteiger partial charge in [0.05, 0.1) is 10.6 Å². The van der Waals surface area contributed by atoms with Crippen LogP contribution in [-0.4, -0.2) is 58.6 Å². The van der Waals surface area contributed by atoms with E-state index in [9.17, 15) is 8.42 Å². The highest BCUT2D eigenvalue weighted by Gasteiger charge is 2.29. The number of rotatable bonds is 4. The van der Waals surface area contributed by atoms with Crippen LogP contribution < -0.4 is 0 Å². The summed E-state index contributed by atoms with van der Waals surface area (Å²) < 4.78 is 29.7. The molecule has 0 saturated carbocycles. The van der Waals surface area contributed by atoms with Crippen molar-refractivity contribution in [3.63, 3.8) is 0 Å². The molecular weight excluding hydrogens is 398 g/mol. The lowest BCUT2D eigenvalue weighted by Gasteiger charge is -2.34. The zero-order valence-corrected chi connectivity index (χ0v) is 18.3. The van der Waals surface area contributed by atoms with Gasteiger partial charge in [0, 0.05) is 51.4 Å². The fourth-order valence-corrected chi connectivity index (χ4v) is 6.15. The van der Waals surface area contributed by atoms with Gasteiger partial charge in [0.25, 0.3) is 0 Å². The van der Waals surface area contributed by atoms with Crippen LogP contribution in [0.25, 0.3) is 11.0 Å². The Hall–Kier alpha value is -2.29. The first-order chi connectivity index (χ1) is 14.4. The summed E-state index contributed by atoms with van der Waals surface area (Å²) in [7, 11) is -1.52. The van der Waals surface area contributed by atoms with Crippen molar-refractivity contribution < 1.29 is 8.42 Å². The molecule has 0 amide bonds. The number of piperazine rings is 1. The molecule has 8 heteroatoms. The largest absolute Gasteiger partial charge is 0.296 e. The monoisotopic (exact) mass is 425 g/mol. The second-order valence-corrected chi connectivity index (χ2v) is 10.3. The second-order valence-electron chi connectivity index (χ2n) is 8.39. The van der Waals surface area contributed by atoms with Gasteiger partial charge in [-0.3, -0.25) is 9.58 Å². The maximum Gasteiger partial charge on any atom is 0.243 e. The van der Waals surface area contributed by atoms with E-state index >= 15 is 0 Å². The van der Waals surface area contributed by atoms with E-state index in [0.29, 0.717) is 31.1 Å². The van der Waals surface area contributed by atoms with Gasteiger partial charge in [0.15, 0.2) is 5.65 Å². The van der Waals surface area contributed by atoms with Crippen LogP contribution in [0.3, 0.4) is 0 Å². The summed E-state index contributed by atoms with van der Waals surface area (Å²) in [4.78, 5) is 7.29. The van der Waals surface area contributed by atoms with Gasteiger partial charge in [0.2, 0.25) is 10.0 Å². The van der Waals surface area contributed by atoms with Crippen molar-refractivity contribution in [3.8, 4) is 0 Å². The molecule has 1 aliphatic heterocycles. The third-order valence-electron chi connectivity index (χ3n) is 6.36. The normalized spacial score (nSPS) is 18.2. The molecule has 0 unspecified atom stereocenters. The number of sulfonamides is 1. The maximum atomic E-state index is 13.1. The minimum Gasteiger partial charge on any atom is -0.296 e. The lowest BCUT2D eigenvalue weighted by Crippen LogP contribution is -2.48. The van der Waals surface area contributed by atoms with Gasteiger partial charge in [-0.15, -0.1) is 0 Å². The topological polar surface area (TPSA) is 71.3 Å². The van der Waals surface area contributed by atoms with Gasteiger partial charge >= 0.3 is 0 Å². The molecule has 1 fully saturated rings. The molecule has 2 aliphatic rings. The first kappa shape index (κ1) is 19.7. The summed E-state index contributed by atoms with van der Waals surface area (Å²) in [6.45, 7) is 5.23. The molecule has 158 valence electrons. The molecule has 2 aromatic heterocycles. The van der Waals surface area contributed by atoms with Gasteiger partial charge in [0.1, 0.15) is 0 Å². The molecule has 1 saturated heterocycles. The van der Waals surface area contributed by atoms with Crippen molar-refractivity contribution in [1.29, 1.82) is 0 Å². The van der Waals surface area contributed by atoms with Crippen LogP contribution in [0.4, 0.5) is 0 Å². The summed E-state index contributed by atoms with van der Waals surface area (Å²) >= 11 is 0. The molecule has 0 atom stereocenters. The van der Waals surface area contributed by atoms with E-state index in [1.165, 1.54) is 11.1 Å². The van der Waals surface area contributed by atoms with E-state index in [2.05, 4.69) is 21.0 Å². The zero-order chi connectivity index (χ0) is 20.9. The van der Waals surface area contributed by atoms with E-state index in [-0.39, 0.29) is 0 Å². The van der Waals surface area contributed by atoms with Crippen LogP contribution in [0.1, 0.15) is 28.8 Å². The SMILES string of the molecule is Cc1nn(C)c2ncc(CN3CCN(S(=O)(=O)c4ccc5c(c4)CCC5)CC3)cc12. The summed E-state index contributed by atoms with van der Waals surface area (Å²) in [6.07, 6.45) is 5.07. The first-order valence-electron chi connectivity index (χ1n) is 10.5. The minimum absolute atomic E-state index is 0.443. The third-order valence-corrected chi connectivity index (χ3v) is 8.26. The van der Waals surface area contributed by atoms with Crippen LogP contribution in [0, 0.1) is 6.92 Å². The van der Waals surface area contributed by atoms with E-state index in [0.717, 1.165) is 48.1 Å². The number of benzene rings is 1. The molecule has 1 aliphatic carbocycles. The van der Waals surface area contributed by atoms with Crippen molar-refractivity contribution in [2.24, 2.45) is 7.05 Å². The number of pyridine rings is 1. The molecule has 0 bridgehead atoms. The Bertz CT molecular complexity index is 1210. The highest BCUT2D eigenvalue weighted by atomic mass is 32.2. The second kappa shape index (κ2) is 7.44. The van der Waals surface area contributed by atoms with Crippen molar-refractivity contribution in [2.45, 2.75) is 37.6 Å². The average Bonchev–Trinajstić information content (AvgIpc) is 3.32. The molecule has 7 nitrogen and oxygen atoms in total. The maximum absolute atomic E-state index is 13.1. The predicted molar refractivity (Wildman–Crippen MR) is 116 cm³/mol. The Morgan fingerprint density at radius 3 is 2.60 bits per heavy atom. The van der Waals surface area contributed by atoms with E-state index in [4.69, 9.17) is 0 Å². The molecule has 0 N–H and O–H groups in total. The van der Waals surface area contributed by atoms with E-state index in [1.807, 2.05) is 32.3 Å². The Balaban J connectivity index is 1.26. The lowest BCUT2D eigenvalue weighted by atomic mass is 10.1. The quantitative estimate of drug-likeness (QED) is 0.641. The molecule has 0 radical (unpaired) electrons. The number of nitrogens with zero attached hydrogens (tertiary/aromatic N) is 5. The van der Waals surface area contributed by atoms with Crippen LogP contribution in [0.5, 0.6) is 0 Å². The molecule has 30 heavy (non-hydrogen) atoms. The van der Waals surface area contributed by atoms with Crippen molar-refractivity contribution in [1.82, 2.24) is 24.0 Å². The third kappa shape index (κ3) is 3.42. The molecule has 3 heterocycles. The molecule has 0 spiro atoms. The Labute approximate surface area is 177 Å². The number of hydrogen-bond donors (Lipinski definition) is 0. The van der Waals surface area contributed by atoms with Crippen molar-refractivity contribution in [2.75, 3.05) is 26.2 Å². The fraction of sp³-hybridized carbons (Fsp3) is 0.455. The number of aryl methyl sites for hydroxylation is 4. The van der Waals surface area contributed by atoms with Crippen molar-refractivity contribution >= 4 is 21.1 Å². The predicted octanol–water partition coefficient (Wildman–Crippen LogP) is 2.27. The molecule has 5 rings (SSSR count). The van der Waals surface area contributed by atoms with Crippen LogP contribution in [-0.2, 0) is 36.5 Å². The average molecular weight is 426 g/mol. The molecular formula is C22H27N5O2S. The minimum atomic E-state index is -3.43. The summed E-state index contributed by atoms with van der Waals surface area (Å²) in [6, 6.07) is 7.82. The smallest absolute Gasteiger partial charge is 0.243 e. The Morgan fingerprint density at radius 1 is 1.03 bits per heavy atom. The zero-order valence-electron chi connectivity index (χ0n) is 17.5. The standard InChI is InChI=1S/C22H27N5O2S/c1-16-21-12-17(14-23-22(21)25(2)24-16)15-26-8-10-27(11-9-26)30(28,29)20-7-6-18-4-3-5-19(18)13-20/h6-7,12-14H,3-5,8-11,15H2,1-2H3. The van der Waals surface area contributed by atoms with Gasteiger partial charge in [-0.2, -0.15) is 9.40 Å². The van der Waals surface area contributed by atoms with E-state index in [1.54, 1.807) is 15.1 Å². The summed E-state index contributed by atoms with van der Waals surface area (Å²) in [5, 5.41) is 5.51. The summed E-state index contributed by atoms with van der Waals surface area (Å²) in [5.41, 5.74) is 5.50. The molecule has 3 aromatic rings. The van der Waals surface area contributed by atoms with Crippen molar-refractivity contribution in [3.05, 3.63) is 52.8 Å². The van der Waals surface area contributed by atoms with Gasteiger partial charge in [-0.1, -0.05) is 6.07 Å². The van der Waals surface area contributed by atoms with E-state index < -0.39 is 10.0 Å².